The average Bonchev–Trinajstić information content (AvgIpc) is 2.38. The van der Waals surface area contributed by atoms with Crippen LogP contribution in [0.15, 0.2) is 0 Å². The summed E-state index contributed by atoms with van der Waals surface area (Å²) in [5, 5.41) is 0. The quantitative estimate of drug-likeness (QED) is 0.479. The minimum atomic E-state index is 0. The Bertz CT molecular complexity index is 151. The largest absolute Gasteiger partial charge is 4.00 e. The fourth-order valence-electron chi connectivity index (χ4n) is 2.21. The van der Waals surface area contributed by atoms with Crippen molar-refractivity contribution >= 4 is 0 Å². The SMILES string of the molecule is [CH-]1CCC1[CH-]C1[CH-]C2CC12.[CH3-].[Fe+4]. The second kappa shape index (κ2) is 3.72. The molecule has 0 heterocycles. The van der Waals surface area contributed by atoms with Crippen LogP contribution in [0.2, 0.25) is 0 Å². The molecule has 0 spiro atoms. The van der Waals surface area contributed by atoms with Gasteiger partial charge in [0.1, 0.15) is 0 Å². The molecule has 3 aliphatic carbocycles. The molecule has 12 heavy (non-hydrogen) atoms. The van der Waals surface area contributed by atoms with Crippen LogP contribution in [0.5, 0.6) is 0 Å². The second-order valence-electron chi connectivity index (χ2n) is 4.00. The molecular weight excluding hydrogens is 188 g/mol. The zero-order chi connectivity index (χ0) is 6.55. The third-order valence-corrected chi connectivity index (χ3v) is 3.29. The Morgan fingerprint density at radius 1 is 1.33 bits per heavy atom. The summed E-state index contributed by atoms with van der Waals surface area (Å²) in [5.41, 5.74) is 0. The van der Waals surface area contributed by atoms with Crippen LogP contribution in [0, 0.1) is 50.4 Å². The van der Waals surface area contributed by atoms with Gasteiger partial charge in [-0.3, -0.25) is 0 Å². The van der Waals surface area contributed by atoms with Crippen molar-refractivity contribution in [2.24, 2.45) is 23.7 Å². The number of fused-ring (bicyclic) bond motifs is 1. The van der Waals surface area contributed by atoms with Crippen molar-refractivity contribution in [2.75, 3.05) is 0 Å². The number of rotatable bonds is 2. The summed E-state index contributed by atoms with van der Waals surface area (Å²) in [4.78, 5) is 0. The molecule has 68 valence electrons. The van der Waals surface area contributed by atoms with Crippen LogP contribution >= 0.6 is 0 Å². The van der Waals surface area contributed by atoms with E-state index in [1.807, 2.05) is 0 Å². The van der Waals surface area contributed by atoms with E-state index in [1.165, 1.54) is 19.3 Å². The molecule has 0 radical (unpaired) electrons. The Kier molecular flexibility index (Phi) is 3.28. The van der Waals surface area contributed by atoms with Gasteiger partial charge in [0.25, 0.3) is 0 Å². The summed E-state index contributed by atoms with van der Waals surface area (Å²) in [6, 6.07) is 0. The molecule has 0 aromatic heterocycles. The van der Waals surface area contributed by atoms with Crippen molar-refractivity contribution in [1.29, 1.82) is 0 Å². The molecule has 0 N–H and O–H groups in total. The Morgan fingerprint density at radius 3 is 2.42 bits per heavy atom. The van der Waals surface area contributed by atoms with Crippen molar-refractivity contribution in [2.45, 2.75) is 19.3 Å². The average molecular weight is 204 g/mol. The molecule has 0 saturated heterocycles. The predicted molar refractivity (Wildman–Crippen MR) is 47.1 cm³/mol. The van der Waals surface area contributed by atoms with E-state index in [2.05, 4.69) is 19.3 Å². The third kappa shape index (κ3) is 1.59. The maximum Gasteiger partial charge on any atom is 4.00 e. The van der Waals surface area contributed by atoms with Crippen molar-refractivity contribution in [3.05, 3.63) is 26.7 Å². The molecular formula is C11H16Fe. The first-order valence-corrected chi connectivity index (χ1v) is 4.47. The fraction of sp³-hybridized carbons (Fsp3) is 0.636. The third-order valence-electron chi connectivity index (χ3n) is 3.29. The Labute approximate surface area is 87.0 Å². The first-order chi connectivity index (χ1) is 4.93. The van der Waals surface area contributed by atoms with Gasteiger partial charge in [-0.05, 0) is 0 Å². The molecule has 0 aliphatic heterocycles. The standard InChI is InChI=1S/C10H13.CH3.Fe/c1-2-7(3-1)4-8-5-9-6-10(8)9;;/h2,4-5,7-10H,1,3,6H2;1H3;/q-3;-1;+4. The van der Waals surface area contributed by atoms with Crippen LogP contribution in [0.1, 0.15) is 19.3 Å². The molecule has 4 unspecified atom stereocenters. The van der Waals surface area contributed by atoms with Gasteiger partial charge in [-0.2, -0.15) is 12.3 Å². The normalized spacial score (nSPS) is 47.0. The Hall–Kier alpha value is 0.519. The molecule has 0 amide bonds. The Morgan fingerprint density at radius 2 is 2.08 bits per heavy atom. The van der Waals surface area contributed by atoms with E-state index in [0.29, 0.717) is 0 Å². The molecule has 3 rings (SSSR count). The van der Waals surface area contributed by atoms with Gasteiger partial charge in [0, 0.05) is 0 Å². The summed E-state index contributed by atoms with van der Waals surface area (Å²) in [7, 11) is 0. The predicted octanol–water partition coefficient (Wildman–Crippen LogP) is 2.72. The topological polar surface area (TPSA) is 0 Å². The van der Waals surface area contributed by atoms with Gasteiger partial charge in [-0.1, -0.05) is 6.42 Å². The van der Waals surface area contributed by atoms with Gasteiger partial charge in [0.2, 0.25) is 0 Å². The van der Waals surface area contributed by atoms with Crippen LogP contribution in [0.25, 0.3) is 0 Å². The summed E-state index contributed by atoms with van der Waals surface area (Å²) >= 11 is 0. The molecule has 0 aromatic rings. The van der Waals surface area contributed by atoms with Crippen LogP contribution in [0.4, 0.5) is 0 Å². The summed E-state index contributed by atoms with van der Waals surface area (Å²) in [5.74, 6) is 3.98. The molecule has 1 heteroatoms. The van der Waals surface area contributed by atoms with Crippen molar-refractivity contribution in [3.63, 3.8) is 0 Å². The van der Waals surface area contributed by atoms with Crippen LogP contribution in [0.3, 0.4) is 0 Å². The molecule has 4 atom stereocenters. The van der Waals surface area contributed by atoms with E-state index in [9.17, 15) is 0 Å². The minimum absolute atomic E-state index is 0. The maximum atomic E-state index is 2.57. The van der Waals surface area contributed by atoms with E-state index >= 15 is 0 Å². The van der Waals surface area contributed by atoms with Crippen molar-refractivity contribution in [1.82, 2.24) is 0 Å². The van der Waals surface area contributed by atoms with Gasteiger partial charge in [0.05, 0.1) is 0 Å². The van der Waals surface area contributed by atoms with Gasteiger partial charge in [0.15, 0.2) is 0 Å². The zero-order valence-electron chi connectivity index (χ0n) is 7.52. The van der Waals surface area contributed by atoms with Crippen LogP contribution in [-0.2, 0) is 17.1 Å². The zero-order valence-corrected chi connectivity index (χ0v) is 8.62. The number of hydrogen-bond donors (Lipinski definition) is 0. The van der Waals surface area contributed by atoms with Gasteiger partial charge in [-0.25, -0.2) is 0 Å². The van der Waals surface area contributed by atoms with E-state index in [-0.39, 0.29) is 24.5 Å². The smallest absolute Gasteiger partial charge is 0.380 e. The summed E-state index contributed by atoms with van der Waals surface area (Å²) < 4.78 is 0. The van der Waals surface area contributed by atoms with Crippen LogP contribution in [-0.4, -0.2) is 0 Å². The minimum Gasteiger partial charge on any atom is -0.380 e. The fourth-order valence-corrected chi connectivity index (χ4v) is 2.21. The van der Waals surface area contributed by atoms with Gasteiger partial charge < -0.3 is 38.5 Å². The molecule has 3 saturated carbocycles. The van der Waals surface area contributed by atoms with Crippen molar-refractivity contribution in [3.8, 4) is 0 Å². The second-order valence-corrected chi connectivity index (χ2v) is 4.00. The van der Waals surface area contributed by atoms with E-state index in [0.717, 1.165) is 23.7 Å². The summed E-state index contributed by atoms with van der Waals surface area (Å²) in [6.45, 7) is 0. The monoisotopic (exact) mass is 204 g/mol. The molecule has 3 fully saturated rings. The molecule has 0 bridgehead atoms. The molecule has 0 aromatic carbocycles. The van der Waals surface area contributed by atoms with Gasteiger partial charge in [-0.15, -0.1) is 12.3 Å². The number of hydrogen-bond acceptors (Lipinski definition) is 0. The molecule has 3 aliphatic rings. The maximum absolute atomic E-state index is 2.57. The van der Waals surface area contributed by atoms with E-state index < -0.39 is 0 Å². The van der Waals surface area contributed by atoms with Crippen molar-refractivity contribution < 1.29 is 17.1 Å². The van der Waals surface area contributed by atoms with E-state index in [4.69, 9.17) is 0 Å². The summed E-state index contributed by atoms with van der Waals surface area (Å²) in [6.07, 6.45) is 11.9. The van der Waals surface area contributed by atoms with E-state index in [1.54, 1.807) is 0 Å². The Balaban J connectivity index is 0.000000360. The first-order valence-electron chi connectivity index (χ1n) is 4.47. The van der Waals surface area contributed by atoms with Gasteiger partial charge >= 0.3 is 17.1 Å². The first kappa shape index (κ1) is 10.6. The molecule has 0 nitrogen and oxygen atoms in total. The van der Waals surface area contributed by atoms with Crippen LogP contribution < -0.4 is 0 Å².